The fourth-order valence-corrected chi connectivity index (χ4v) is 7.60. The van der Waals surface area contributed by atoms with Crippen LogP contribution in [0.3, 0.4) is 0 Å². The molecule has 3 heterocycles. The van der Waals surface area contributed by atoms with E-state index < -0.39 is 0 Å². The summed E-state index contributed by atoms with van der Waals surface area (Å²) in [6.45, 7) is 0. The van der Waals surface area contributed by atoms with Crippen molar-refractivity contribution in [2.75, 3.05) is 0 Å². The summed E-state index contributed by atoms with van der Waals surface area (Å²) in [5, 5.41) is 7.55. The molecule has 6 heteroatoms. The lowest BCUT2D eigenvalue weighted by atomic mass is 10.0. The topological polar surface area (TPSA) is 64.7 Å². The fraction of sp³-hybridized carbons (Fsp3) is 0. The van der Waals surface area contributed by atoms with Crippen molar-refractivity contribution in [3.63, 3.8) is 0 Å². The third-order valence-corrected chi connectivity index (χ3v) is 9.97. The molecule has 0 aliphatic heterocycles. The molecule has 0 saturated carbocycles. The van der Waals surface area contributed by atoms with Crippen LogP contribution >= 0.6 is 11.3 Å². The van der Waals surface area contributed by atoms with Gasteiger partial charge in [-0.15, -0.1) is 11.3 Å². The third-order valence-electron chi connectivity index (χ3n) is 8.92. The van der Waals surface area contributed by atoms with Gasteiger partial charge in [-0.2, -0.15) is 0 Å². The van der Waals surface area contributed by atoms with Gasteiger partial charge in [0.2, 0.25) is 0 Å². The highest BCUT2D eigenvalue weighted by Gasteiger charge is 2.23. The van der Waals surface area contributed by atoms with Gasteiger partial charge in [-0.1, -0.05) is 121 Å². The Labute approximate surface area is 278 Å². The smallest absolute Gasteiger partial charge is 0.167 e. The van der Waals surface area contributed by atoms with Crippen molar-refractivity contribution < 1.29 is 4.42 Å². The standard InChI is InChI=1S/C42H24N4OS/c1-2-12-27(13-3-1)39-44-40(30-20-18-25-10-4-6-14-28(25)22-30)46-41(45-39)37-36-32-16-8-9-17-33(32)47-34(36)24-35-38(37)43-42(48-35)31-21-19-26-11-5-7-15-29(26)23-31/h1-24H. The van der Waals surface area contributed by atoms with Gasteiger partial charge >= 0.3 is 0 Å². The first-order valence-electron chi connectivity index (χ1n) is 15.8. The molecule has 224 valence electrons. The molecule has 10 rings (SSSR count). The van der Waals surface area contributed by atoms with Gasteiger partial charge in [0.1, 0.15) is 16.2 Å². The van der Waals surface area contributed by atoms with Crippen molar-refractivity contribution in [2.45, 2.75) is 0 Å². The highest BCUT2D eigenvalue weighted by molar-refractivity contribution is 7.21. The van der Waals surface area contributed by atoms with Gasteiger partial charge in [-0.05, 0) is 39.7 Å². The molecule has 0 radical (unpaired) electrons. The van der Waals surface area contributed by atoms with Crippen LogP contribution in [0, 0.1) is 0 Å². The Hall–Kier alpha value is -6.24. The normalized spacial score (nSPS) is 11.8. The number of fused-ring (bicyclic) bond motifs is 6. The Balaban J connectivity index is 1.28. The van der Waals surface area contributed by atoms with Gasteiger partial charge in [0.05, 0.1) is 15.8 Å². The zero-order chi connectivity index (χ0) is 31.6. The molecule has 0 saturated heterocycles. The van der Waals surface area contributed by atoms with Crippen LogP contribution in [0.25, 0.3) is 98.4 Å². The van der Waals surface area contributed by atoms with Gasteiger partial charge in [0.15, 0.2) is 17.5 Å². The first-order chi connectivity index (χ1) is 23.7. The van der Waals surface area contributed by atoms with Crippen LogP contribution in [0.4, 0.5) is 0 Å². The van der Waals surface area contributed by atoms with E-state index in [1.54, 1.807) is 11.3 Å². The third kappa shape index (κ3) is 4.38. The molecule has 0 N–H and O–H groups in total. The van der Waals surface area contributed by atoms with Crippen molar-refractivity contribution in [1.82, 2.24) is 19.9 Å². The van der Waals surface area contributed by atoms with Crippen molar-refractivity contribution >= 4 is 65.0 Å². The summed E-state index contributed by atoms with van der Waals surface area (Å²) in [4.78, 5) is 20.7. The number of rotatable bonds is 4. The highest BCUT2D eigenvalue weighted by Crippen LogP contribution is 2.44. The van der Waals surface area contributed by atoms with E-state index in [0.717, 1.165) is 64.8 Å². The quantitative estimate of drug-likeness (QED) is 0.193. The van der Waals surface area contributed by atoms with Crippen LogP contribution in [0.2, 0.25) is 0 Å². The van der Waals surface area contributed by atoms with E-state index in [9.17, 15) is 0 Å². The Kier molecular flexibility index (Phi) is 5.98. The monoisotopic (exact) mass is 632 g/mol. The summed E-state index contributed by atoms with van der Waals surface area (Å²) in [7, 11) is 0. The molecule has 48 heavy (non-hydrogen) atoms. The molecule has 0 bridgehead atoms. The van der Waals surface area contributed by atoms with Gasteiger partial charge < -0.3 is 4.42 Å². The minimum Gasteiger partial charge on any atom is -0.456 e. The maximum absolute atomic E-state index is 6.48. The van der Waals surface area contributed by atoms with E-state index in [-0.39, 0.29) is 0 Å². The van der Waals surface area contributed by atoms with Crippen LogP contribution in [0.15, 0.2) is 150 Å². The second-order valence-corrected chi connectivity index (χ2v) is 12.9. The molecule has 0 fully saturated rings. The lowest BCUT2D eigenvalue weighted by Gasteiger charge is -2.10. The van der Waals surface area contributed by atoms with Crippen LogP contribution in [-0.4, -0.2) is 19.9 Å². The van der Waals surface area contributed by atoms with E-state index in [2.05, 4.69) is 97.1 Å². The summed E-state index contributed by atoms with van der Waals surface area (Å²) in [6, 6.07) is 49.9. The molecule has 0 aliphatic rings. The average molecular weight is 633 g/mol. The van der Waals surface area contributed by atoms with Crippen molar-refractivity contribution in [1.29, 1.82) is 0 Å². The highest BCUT2D eigenvalue weighted by atomic mass is 32.1. The fourth-order valence-electron chi connectivity index (χ4n) is 6.60. The summed E-state index contributed by atoms with van der Waals surface area (Å²) in [6.07, 6.45) is 0. The summed E-state index contributed by atoms with van der Waals surface area (Å²) in [5.74, 6) is 1.77. The number of nitrogens with zero attached hydrogens (tertiary/aromatic N) is 4. The lowest BCUT2D eigenvalue weighted by Crippen LogP contribution is -2.01. The molecule has 0 aliphatic carbocycles. The molecule has 3 aromatic heterocycles. The minimum absolute atomic E-state index is 0.560. The molecule has 7 aromatic carbocycles. The Morgan fingerprint density at radius 1 is 0.438 bits per heavy atom. The summed E-state index contributed by atoms with van der Waals surface area (Å²) < 4.78 is 7.49. The first kappa shape index (κ1) is 26.9. The Morgan fingerprint density at radius 2 is 1.04 bits per heavy atom. The van der Waals surface area contributed by atoms with E-state index in [1.807, 2.05) is 48.5 Å². The zero-order valence-corrected chi connectivity index (χ0v) is 26.3. The molecule has 0 amide bonds. The van der Waals surface area contributed by atoms with Crippen molar-refractivity contribution in [3.05, 3.63) is 146 Å². The van der Waals surface area contributed by atoms with E-state index in [0.29, 0.717) is 17.5 Å². The molecule has 5 nitrogen and oxygen atoms in total. The minimum atomic E-state index is 0.560. The maximum atomic E-state index is 6.48. The van der Waals surface area contributed by atoms with Crippen molar-refractivity contribution in [3.8, 4) is 44.7 Å². The number of furan rings is 1. The van der Waals surface area contributed by atoms with E-state index >= 15 is 0 Å². The van der Waals surface area contributed by atoms with E-state index in [4.69, 9.17) is 24.4 Å². The van der Waals surface area contributed by atoms with Crippen LogP contribution in [0.1, 0.15) is 0 Å². The first-order valence-corrected chi connectivity index (χ1v) is 16.6. The number of hydrogen-bond donors (Lipinski definition) is 0. The number of benzene rings is 7. The molecule has 10 aromatic rings. The SMILES string of the molecule is c1ccc(-c2nc(-c3ccc4ccccc4c3)nc(-c3c4nc(-c5ccc6ccccc6c5)sc4cc4oc5ccccc5c34)n2)cc1. The summed E-state index contributed by atoms with van der Waals surface area (Å²) >= 11 is 1.65. The molecule has 0 unspecified atom stereocenters. The number of hydrogen-bond acceptors (Lipinski definition) is 6. The number of para-hydroxylation sites is 1. The van der Waals surface area contributed by atoms with Crippen molar-refractivity contribution in [2.24, 2.45) is 0 Å². The molecular formula is C42H24N4OS. The summed E-state index contributed by atoms with van der Waals surface area (Å²) in [5.41, 5.74) is 6.19. The van der Waals surface area contributed by atoms with Gasteiger partial charge in [0.25, 0.3) is 0 Å². The Morgan fingerprint density at radius 3 is 1.81 bits per heavy atom. The second kappa shape index (κ2) is 10.7. The lowest BCUT2D eigenvalue weighted by molar-refractivity contribution is 0.669. The maximum Gasteiger partial charge on any atom is 0.167 e. The van der Waals surface area contributed by atoms with Gasteiger partial charge in [0, 0.05) is 33.5 Å². The average Bonchev–Trinajstić information content (AvgIpc) is 3.75. The number of aromatic nitrogens is 4. The van der Waals surface area contributed by atoms with Crippen LogP contribution in [-0.2, 0) is 0 Å². The predicted octanol–water partition coefficient (Wildman–Crippen LogP) is 11.4. The molecule has 0 atom stereocenters. The zero-order valence-electron chi connectivity index (χ0n) is 25.5. The predicted molar refractivity (Wildman–Crippen MR) is 197 cm³/mol. The van der Waals surface area contributed by atoms with Crippen LogP contribution in [0.5, 0.6) is 0 Å². The number of thiazole rings is 1. The van der Waals surface area contributed by atoms with Gasteiger partial charge in [-0.3, -0.25) is 0 Å². The Bertz CT molecular complexity index is 2860. The molecule has 0 spiro atoms. The second-order valence-electron chi connectivity index (χ2n) is 11.9. The largest absolute Gasteiger partial charge is 0.456 e. The van der Waals surface area contributed by atoms with E-state index in [1.165, 1.54) is 16.2 Å². The van der Waals surface area contributed by atoms with Gasteiger partial charge in [-0.25, -0.2) is 19.9 Å². The van der Waals surface area contributed by atoms with Crippen LogP contribution < -0.4 is 0 Å². The molecular weight excluding hydrogens is 609 g/mol.